The lowest BCUT2D eigenvalue weighted by Gasteiger charge is -2.22. The highest BCUT2D eigenvalue weighted by molar-refractivity contribution is 7.92. The molecule has 3 aliphatic rings. The van der Waals surface area contributed by atoms with Gasteiger partial charge >= 0.3 is 0 Å². The normalized spacial score (nSPS) is 29.0. The van der Waals surface area contributed by atoms with Crippen LogP contribution in [0.3, 0.4) is 0 Å². The number of rotatable bonds is 2. The SMILES string of the molecule is O=S(=O)(c1ccc2c(c1)C1(CCNC1)CN2)C1CCCC1. The lowest BCUT2D eigenvalue weighted by molar-refractivity contribution is 0.521. The summed E-state index contributed by atoms with van der Waals surface area (Å²) in [6.07, 6.45) is 4.82. The highest BCUT2D eigenvalue weighted by Gasteiger charge is 2.42. The second-order valence-corrected chi connectivity index (χ2v) is 8.95. The molecule has 1 saturated carbocycles. The van der Waals surface area contributed by atoms with Gasteiger partial charge in [-0.1, -0.05) is 12.8 Å². The van der Waals surface area contributed by atoms with E-state index in [-0.39, 0.29) is 10.7 Å². The van der Waals surface area contributed by atoms with Gasteiger partial charge < -0.3 is 10.6 Å². The van der Waals surface area contributed by atoms with E-state index in [1.807, 2.05) is 12.1 Å². The molecular weight excluding hydrogens is 284 g/mol. The molecule has 2 heterocycles. The molecule has 0 radical (unpaired) electrons. The van der Waals surface area contributed by atoms with Gasteiger partial charge in [0.2, 0.25) is 0 Å². The van der Waals surface area contributed by atoms with Crippen molar-refractivity contribution < 1.29 is 8.42 Å². The van der Waals surface area contributed by atoms with Crippen LogP contribution in [0.1, 0.15) is 37.7 Å². The van der Waals surface area contributed by atoms with Gasteiger partial charge in [-0.25, -0.2) is 8.42 Å². The van der Waals surface area contributed by atoms with Crippen molar-refractivity contribution in [1.29, 1.82) is 0 Å². The van der Waals surface area contributed by atoms with Gasteiger partial charge in [-0.2, -0.15) is 0 Å². The fraction of sp³-hybridized carbons (Fsp3) is 0.625. The van der Waals surface area contributed by atoms with Crippen molar-refractivity contribution in [2.45, 2.75) is 47.7 Å². The zero-order chi connectivity index (χ0) is 14.5. The van der Waals surface area contributed by atoms with E-state index in [0.29, 0.717) is 4.90 Å². The van der Waals surface area contributed by atoms with Crippen molar-refractivity contribution in [2.75, 3.05) is 25.0 Å². The Morgan fingerprint density at radius 2 is 1.95 bits per heavy atom. The number of benzene rings is 1. The zero-order valence-corrected chi connectivity index (χ0v) is 13.0. The van der Waals surface area contributed by atoms with Crippen molar-refractivity contribution in [1.82, 2.24) is 5.32 Å². The molecule has 1 aromatic carbocycles. The highest BCUT2D eigenvalue weighted by Crippen LogP contribution is 2.42. The Bertz CT molecular complexity index is 657. The molecule has 4 rings (SSSR count). The Morgan fingerprint density at radius 3 is 2.67 bits per heavy atom. The van der Waals surface area contributed by atoms with Crippen LogP contribution in [0.2, 0.25) is 0 Å². The summed E-state index contributed by atoms with van der Waals surface area (Å²) in [7, 11) is -3.15. The Hall–Kier alpha value is -1.07. The number of hydrogen-bond donors (Lipinski definition) is 2. The fourth-order valence-electron chi connectivity index (χ4n) is 4.17. The predicted octanol–water partition coefficient (Wildman–Crippen LogP) is 2.06. The van der Waals surface area contributed by atoms with Crippen molar-refractivity contribution in [3.05, 3.63) is 23.8 Å². The van der Waals surface area contributed by atoms with E-state index in [1.165, 1.54) is 5.56 Å². The van der Waals surface area contributed by atoms with Crippen LogP contribution in [-0.2, 0) is 15.3 Å². The molecule has 21 heavy (non-hydrogen) atoms. The minimum Gasteiger partial charge on any atom is -0.384 e. The molecule has 0 aromatic heterocycles. The van der Waals surface area contributed by atoms with Gasteiger partial charge in [0.25, 0.3) is 0 Å². The molecule has 1 saturated heterocycles. The average molecular weight is 306 g/mol. The molecule has 0 bridgehead atoms. The second-order valence-electron chi connectivity index (χ2n) is 6.72. The average Bonchev–Trinajstić information content (AvgIpc) is 3.22. The van der Waals surface area contributed by atoms with Crippen molar-refractivity contribution >= 4 is 15.5 Å². The smallest absolute Gasteiger partial charge is 0.181 e. The maximum atomic E-state index is 12.8. The van der Waals surface area contributed by atoms with Crippen LogP contribution in [0.5, 0.6) is 0 Å². The summed E-state index contributed by atoms with van der Waals surface area (Å²) in [5.74, 6) is 0. The molecule has 1 aromatic rings. The molecule has 5 heteroatoms. The second kappa shape index (κ2) is 4.71. The molecule has 4 nitrogen and oxygen atoms in total. The quantitative estimate of drug-likeness (QED) is 0.878. The first-order valence-electron chi connectivity index (χ1n) is 7.95. The van der Waals surface area contributed by atoms with Crippen LogP contribution in [0.15, 0.2) is 23.1 Å². The summed E-state index contributed by atoms with van der Waals surface area (Å²) in [6.45, 7) is 2.88. The molecule has 1 atom stereocenters. The molecule has 1 unspecified atom stereocenters. The Labute approximate surface area is 126 Å². The summed E-state index contributed by atoms with van der Waals surface area (Å²) in [4.78, 5) is 0.531. The van der Waals surface area contributed by atoms with Gasteiger partial charge in [-0.3, -0.25) is 0 Å². The van der Waals surface area contributed by atoms with Gasteiger partial charge in [-0.05, 0) is 49.6 Å². The summed E-state index contributed by atoms with van der Waals surface area (Å²) < 4.78 is 25.6. The monoisotopic (exact) mass is 306 g/mol. The van der Waals surface area contributed by atoms with Crippen LogP contribution in [0.25, 0.3) is 0 Å². The number of nitrogens with one attached hydrogen (secondary N) is 2. The summed E-state index contributed by atoms with van der Waals surface area (Å²) in [5, 5.41) is 6.70. The zero-order valence-electron chi connectivity index (χ0n) is 12.2. The van der Waals surface area contributed by atoms with Crippen molar-refractivity contribution in [3.8, 4) is 0 Å². The maximum absolute atomic E-state index is 12.8. The van der Waals surface area contributed by atoms with Gasteiger partial charge in [-0.15, -0.1) is 0 Å². The first kappa shape index (κ1) is 13.6. The topological polar surface area (TPSA) is 58.2 Å². The molecule has 2 fully saturated rings. The Morgan fingerprint density at radius 1 is 1.14 bits per heavy atom. The molecule has 2 N–H and O–H groups in total. The summed E-state index contributed by atoms with van der Waals surface area (Å²) >= 11 is 0. The summed E-state index contributed by atoms with van der Waals surface area (Å²) in [5.41, 5.74) is 2.41. The van der Waals surface area contributed by atoms with E-state index in [9.17, 15) is 8.42 Å². The van der Waals surface area contributed by atoms with Crippen molar-refractivity contribution in [3.63, 3.8) is 0 Å². The van der Waals surface area contributed by atoms with Gasteiger partial charge in [0, 0.05) is 24.2 Å². The Balaban J connectivity index is 1.76. The van der Waals surface area contributed by atoms with Crippen LogP contribution < -0.4 is 10.6 Å². The highest BCUT2D eigenvalue weighted by atomic mass is 32.2. The van der Waals surface area contributed by atoms with Crippen LogP contribution >= 0.6 is 0 Å². The number of sulfone groups is 1. The summed E-state index contributed by atoms with van der Waals surface area (Å²) in [6, 6.07) is 5.71. The van der Waals surface area contributed by atoms with Crippen LogP contribution in [0.4, 0.5) is 5.69 Å². The number of fused-ring (bicyclic) bond motifs is 2. The maximum Gasteiger partial charge on any atom is 0.181 e. The van der Waals surface area contributed by atoms with E-state index < -0.39 is 9.84 Å². The standard InChI is InChI=1S/C16H22N2O2S/c19-21(20,12-3-1-2-4-12)13-5-6-15-14(9-13)16(11-18-15)7-8-17-10-16/h5-6,9,12,17-18H,1-4,7-8,10-11H2. The third-order valence-corrected chi connectivity index (χ3v) is 7.75. The van der Waals surface area contributed by atoms with Crippen molar-refractivity contribution in [2.24, 2.45) is 0 Å². The van der Waals surface area contributed by atoms with Gasteiger partial charge in [0.1, 0.15) is 0 Å². The molecule has 114 valence electrons. The largest absolute Gasteiger partial charge is 0.384 e. The molecular formula is C16H22N2O2S. The minimum absolute atomic E-state index is 0.0938. The van der Waals surface area contributed by atoms with E-state index in [0.717, 1.165) is 57.4 Å². The third-order valence-electron chi connectivity index (χ3n) is 5.49. The minimum atomic E-state index is -3.15. The van der Waals surface area contributed by atoms with E-state index >= 15 is 0 Å². The first-order chi connectivity index (χ1) is 10.1. The number of anilines is 1. The molecule has 2 aliphatic heterocycles. The molecule has 1 aliphatic carbocycles. The fourth-order valence-corrected chi connectivity index (χ4v) is 6.05. The van der Waals surface area contributed by atoms with E-state index in [1.54, 1.807) is 6.07 Å². The van der Waals surface area contributed by atoms with E-state index in [4.69, 9.17) is 0 Å². The number of hydrogen-bond acceptors (Lipinski definition) is 4. The molecule has 0 amide bonds. The first-order valence-corrected chi connectivity index (χ1v) is 9.50. The van der Waals surface area contributed by atoms with Crippen LogP contribution in [-0.4, -0.2) is 33.3 Å². The van der Waals surface area contributed by atoms with Gasteiger partial charge in [0.15, 0.2) is 9.84 Å². The lowest BCUT2D eigenvalue weighted by Crippen LogP contribution is -2.31. The lowest BCUT2D eigenvalue weighted by atomic mass is 9.82. The third kappa shape index (κ3) is 2.01. The van der Waals surface area contributed by atoms with E-state index in [2.05, 4.69) is 10.6 Å². The Kier molecular flexibility index (Phi) is 3.05. The van der Waals surface area contributed by atoms with Crippen LogP contribution in [0, 0.1) is 0 Å². The molecule has 1 spiro atoms. The van der Waals surface area contributed by atoms with Gasteiger partial charge in [0.05, 0.1) is 10.1 Å². The predicted molar refractivity (Wildman–Crippen MR) is 83.5 cm³/mol.